The summed E-state index contributed by atoms with van der Waals surface area (Å²) < 4.78 is 5.35. The van der Waals surface area contributed by atoms with Gasteiger partial charge in [0.1, 0.15) is 5.75 Å². The molecule has 0 saturated carbocycles. The Balaban J connectivity index is 1.38. The minimum atomic E-state index is -0.391. The molecule has 0 atom stereocenters. The molecule has 0 aliphatic rings. The lowest BCUT2D eigenvalue weighted by Crippen LogP contribution is -2.48. The lowest BCUT2D eigenvalue weighted by Gasteiger charge is -2.12. The van der Waals surface area contributed by atoms with Gasteiger partial charge < -0.3 is 10.1 Å². The van der Waals surface area contributed by atoms with E-state index in [1.807, 2.05) is 30.3 Å². The van der Waals surface area contributed by atoms with E-state index < -0.39 is 5.91 Å². The van der Waals surface area contributed by atoms with Crippen LogP contribution in [-0.4, -0.2) is 17.6 Å². The highest BCUT2D eigenvalue weighted by molar-refractivity contribution is 7.80. The van der Waals surface area contributed by atoms with E-state index in [-0.39, 0.29) is 6.61 Å². The highest BCUT2D eigenvalue weighted by Crippen LogP contribution is 2.26. The number of ether oxygens (including phenoxy) is 1. The minimum absolute atomic E-state index is 0.200. The molecule has 5 nitrogen and oxygen atoms in total. The Bertz CT molecular complexity index is 1010. The van der Waals surface area contributed by atoms with Gasteiger partial charge in [0.2, 0.25) is 0 Å². The first-order valence-electron chi connectivity index (χ1n) is 9.06. The zero-order valence-corrected chi connectivity index (χ0v) is 18.2. The maximum atomic E-state index is 11.9. The molecule has 30 heavy (non-hydrogen) atoms. The minimum Gasteiger partial charge on any atom is -0.484 e. The average Bonchev–Trinajstić information content (AvgIpc) is 2.78. The molecule has 0 radical (unpaired) electrons. The summed E-state index contributed by atoms with van der Waals surface area (Å²) in [6.07, 6.45) is 0. The van der Waals surface area contributed by atoms with E-state index in [1.165, 1.54) is 5.56 Å². The maximum Gasteiger partial charge on any atom is 0.276 e. The van der Waals surface area contributed by atoms with Crippen LogP contribution in [0.1, 0.15) is 5.56 Å². The molecule has 0 heterocycles. The topological polar surface area (TPSA) is 62.4 Å². The van der Waals surface area contributed by atoms with Gasteiger partial charge in [-0.05, 0) is 41.0 Å². The molecule has 0 aliphatic carbocycles. The lowest BCUT2D eigenvalue weighted by atomic mass is 10.0. The second-order valence-corrected chi connectivity index (χ2v) is 7.51. The van der Waals surface area contributed by atoms with Crippen molar-refractivity contribution in [2.24, 2.45) is 0 Å². The molecular formula is C22H19Cl2N3O2S. The molecule has 0 fully saturated rings. The summed E-state index contributed by atoms with van der Waals surface area (Å²) in [7, 11) is 0. The molecular weight excluding hydrogens is 441 g/mol. The van der Waals surface area contributed by atoms with Gasteiger partial charge in [-0.3, -0.25) is 15.6 Å². The second kappa shape index (κ2) is 10.8. The van der Waals surface area contributed by atoms with Crippen molar-refractivity contribution in [1.82, 2.24) is 16.2 Å². The monoisotopic (exact) mass is 459 g/mol. The molecule has 3 aromatic rings. The third-order valence-corrected chi connectivity index (χ3v) is 5.08. The predicted molar refractivity (Wildman–Crippen MR) is 125 cm³/mol. The highest BCUT2D eigenvalue weighted by Gasteiger charge is 2.06. The van der Waals surface area contributed by atoms with Crippen molar-refractivity contribution < 1.29 is 9.53 Å². The number of benzene rings is 3. The molecule has 0 spiro atoms. The van der Waals surface area contributed by atoms with Crippen LogP contribution in [0.25, 0.3) is 11.1 Å². The molecule has 3 rings (SSSR count). The second-order valence-electron chi connectivity index (χ2n) is 6.28. The van der Waals surface area contributed by atoms with Crippen molar-refractivity contribution in [2.45, 2.75) is 6.54 Å². The number of halogens is 2. The van der Waals surface area contributed by atoms with Gasteiger partial charge in [-0.1, -0.05) is 77.8 Å². The van der Waals surface area contributed by atoms with E-state index in [0.29, 0.717) is 27.5 Å². The fourth-order valence-electron chi connectivity index (χ4n) is 2.55. The first-order chi connectivity index (χ1) is 14.5. The predicted octanol–water partition coefficient (Wildman–Crippen LogP) is 4.73. The molecule has 154 valence electrons. The van der Waals surface area contributed by atoms with E-state index in [0.717, 1.165) is 11.1 Å². The Morgan fingerprint density at radius 2 is 1.57 bits per heavy atom. The average molecular weight is 460 g/mol. The van der Waals surface area contributed by atoms with E-state index in [4.69, 9.17) is 40.2 Å². The van der Waals surface area contributed by atoms with E-state index in [1.54, 1.807) is 18.2 Å². The largest absolute Gasteiger partial charge is 0.484 e. The van der Waals surface area contributed by atoms with Gasteiger partial charge >= 0.3 is 0 Å². The van der Waals surface area contributed by atoms with Crippen LogP contribution in [-0.2, 0) is 11.3 Å². The molecule has 8 heteroatoms. The normalized spacial score (nSPS) is 10.2. The van der Waals surface area contributed by atoms with Gasteiger partial charge in [-0.25, -0.2) is 0 Å². The summed E-state index contributed by atoms with van der Waals surface area (Å²) in [6, 6.07) is 23.1. The molecule has 0 bridgehead atoms. The van der Waals surface area contributed by atoms with Crippen LogP contribution >= 0.6 is 35.4 Å². The van der Waals surface area contributed by atoms with Crippen molar-refractivity contribution in [2.75, 3.05) is 6.61 Å². The zero-order chi connectivity index (χ0) is 21.3. The smallest absolute Gasteiger partial charge is 0.276 e. The van der Waals surface area contributed by atoms with Crippen molar-refractivity contribution >= 4 is 46.4 Å². The van der Waals surface area contributed by atoms with Crippen LogP contribution in [0.5, 0.6) is 5.75 Å². The molecule has 3 aromatic carbocycles. The van der Waals surface area contributed by atoms with Crippen molar-refractivity contribution in [3.63, 3.8) is 0 Å². The van der Waals surface area contributed by atoms with Gasteiger partial charge in [-0.15, -0.1) is 0 Å². The van der Waals surface area contributed by atoms with E-state index >= 15 is 0 Å². The Kier molecular flexibility index (Phi) is 7.90. The van der Waals surface area contributed by atoms with Gasteiger partial charge in [0.05, 0.1) is 10.0 Å². The maximum absolute atomic E-state index is 11.9. The first-order valence-corrected chi connectivity index (χ1v) is 10.2. The fourth-order valence-corrected chi connectivity index (χ4v) is 2.96. The zero-order valence-electron chi connectivity index (χ0n) is 15.8. The summed E-state index contributed by atoms with van der Waals surface area (Å²) in [5.74, 6) is 0.0524. The summed E-state index contributed by atoms with van der Waals surface area (Å²) >= 11 is 16.9. The van der Waals surface area contributed by atoms with Crippen LogP contribution in [0.4, 0.5) is 0 Å². The summed E-state index contributed by atoms with van der Waals surface area (Å²) in [4.78, 5) is 11.9. The van der Waals surface area contributed by atoms with Crippen LogP contribution < -0.4 is 20.9 Å². The number of thiocarbonyl (C=S) groups is 1. The van der Waals surface area contributed by atoms with Gasteiger partial charge in [0, 0.05) is 12.6 Å². The Morgan fingerprint density at radius 1 is 0.867 bits per heavy atom. The SMILES string of the molecule is O=C(COc1ccc(Cl)c(Cl)c1)NNC(=S)NCc1ccc(-c2ccccc2)cc1. The van der Waals surface area contributed by atoms with Gasteiger partial charge in [-0.2, -0.15) is 0 Å². The number of nitrogens with one attached hydrogen (secondary N) is 3. The molecule has 3 N–H and O–H groups in total. The number of rotatable bonds is 6. The van der Waals surface area contributed by atoms with Crippen LogP contribution in [0.3, 0.4) is 0 Å². The molecule has 0 saturated heterocycles. The number of hydrazine groups is 1. The van der Waals surface area contributed by atoms with Crippen molar-refractivity contribution in [3.8, 4) is 16.9 Å². The Morgan fingerprint density at radius 3 is 2.27 bits per heavy atom. The number of hydrogen-bond donors (Lipinski definition) is 3. The number of carbonyl (C=O) groups is 1. The number of carbonyl (C=O) groups excluding carboxylic acids is 1. The van der Waals surface area contributed by atoms with Crippen molar-refractivity contribution in [3.05, 3.63) is 88.4 Å². The van der Waals surface area contributed by atoms with Crippen LogP contribution in [0.2, 0.25) is 10.0 Å². The van der Waals surface area contributed by atoms with Crippen LogP contribution in [0.15, 0.2) is 72.8 Å². The Hall–Kier alpha value is -2.80. The Labute approximate surface area is 190 Å². The van der Waals surface area contributed by atoms with E-state index in [2.05, 4.69) is 40.4 Å². The molecule has 1 amide bonds. The standard InChI is InChI=1S/C22H19Cl2N3O2S/c23-19-11-10-18(12-20(19)24)29-14-21(28)26-27-22(30)25-13-15-6-8-17(9-7-15)16-4-2-1-3-5-16/h1-12H,13-14H2,(H,26,28)(H2,25,27,30). The quantitative estimate of drug-likeness (QED) is 0.367. The number of hydrogen-bond acceptors (Lipinski definition) is 3. The third-order valence-electron chi connectivity index (χ3n) is 4.09. The van der Waals surface area contributed by atoms with Crippen LogP contribution in [0, 0.1) is 0 Å². The summed E-state index contributed by atoms with van der Waals surface area (Å²) in [6.45, 7) is 0.324. The number of amides is 1. The fraction of sp³-hybridized carbons (Fsp3) is 0.0909. The highest BCUT2D eigenvalue weighted by atomic mass is 35.5. The third kappa shape index (κ3) is 6.62. The van der Waals surface area contributed by atoms with Gasteiger partial charge in [0.15, 0.2) is 11.7 Å². The molecule has 0 aliphatic heterocycles. The molecule has 0 aromatic heterocycles. The van der Waals surface area contributed by atoms with Gasteiger partial charge in [0.25, 0.3) is 5.91 Å². The summed E-state index contributed by atoms with van der Waals surface area (Å²) in [5.41, 5.74) is 8.49. The summed E-state index contributed by atoms with van der Waals surface area (Å²) in [5, 5.41) is 4.10. The first kappa shape index (κ1) is 21.9. The van der Waals surface area contributed by atoms with E-state index in [9.17, 15) is 4.79 Å². The lowest BCUT2D eigenvalue weighted by molar-refractivity contribution is -0.123. The van der Waals surface area contributed by atoms with Crippen molar-refractivity contribution in [1.29, 1.82) is 0 Å². The molecule has 0 unspecified atom stereocenters.